The average Bonchev–Trinajstić information content (AvgIpc) is 2.33. The molecule has 1 aromatic heterocycles. The molecule has 0 saturated heterocycles. The molecule has 1 aromatic rings. The molecule has 0 fully saturated rings. The third-order valence-electron chi connectivity index (χ3n) is 2.29. The van der Waals surface area contributed by atoms with Gasteiger partial charge in [-0.3, -0.25) is 4.79 Å². The molecule has 0 spiro atoms. The Morgan fingerprint density at radius 1 is 1.47 bits per heavy atom. The second kappa shape index (κ2) is 6.10. The van der Waals surface area contributed by atoms with Gasteiger partial charge in [0.05, 0.1) is 11.3 Å². The van der Waals surface area contributed by atoms with E-state index in [4.69, 9.17) is 11.6 Å². The van der Waals surface area contributed by atoms with Gasteiger partial charge in [-0.05, 0) is 12.5 Å². The predicted molar refractivity (Wildman–Crippen MR) is 66.4 cm³/mol. The third kappa shape index (κ3) is 3.73. The van der Waals surface area contributed by atoms with Crippen molar-refractivity contribution in [1.29, 1.82) is 0 Å². The summed E-state index contributed by atoms with van der Waals surface area (Å²) in [6, 6.07) is 0.784. The molecule has 0 aliphatic carbocycles. The quantitative estimate of drug-likeness (QED) is 0.840. The lowest BCUT2D eigenvalue weighted by atomic mass is 10.2. The van der Waals surface area contributed by atoms with E-state index in [1.54, 1.807) is 0 Å². The lowest BCUT2D eigenvalue weighted by Crippen LogP contribution is -2.22. The highest BCUT2D eigenvalue weighted by atomic mass is 35.5. The van der Waals surface area contributed by atoms with E-state index in [1.165, 1.54) is 7.05 Å². The molecule has 8 heteroatoms. The van der Waals surface area contributed by atoms with Crippen LogP contribution >= 0.6 is 11.6 Å². The minimum atomic E-state index is -4.62. The molecule has 1 heterocycles. The Morgan fingerprint density at radius 2 is 2.11 bits per heavy atom. The van der Waals surface area contributed by atoms with E-state index in [0.717, 1.165) is 6.07 Å². The molecule has 0 atom stereocenters. The van der Waals surface area contributed by atoms with Crippen LogP contribution in [0.3, 0.4) is 0 Å². The normalized spacial score (nSPS) is 11.3. The topological polar surface area (TPSA) is 54.0 Å². The van der Waals surface area contributed by atoms with Gasteiger partial charge in [-0.25, -0.2) is 4.98 Å². The number of nitrogens with zero attached hydrogens (tertiary/aromatic N) is 1. The van der Waals surface area contributed by atoms with Gasteiger partial charge in [0.15, 0.2) is 0 Å². The predicted octanol–water partition coefficient (Wildman–Crippen LogP) is 2.94. The highest BCUT2D eigenvalue weighted by Crippen LogP contribution is 2.33. The van der Waals surface area contributed by atoms with Crippen LogP contribution < -0.4 is 10.6 Å². The molecule has 2 N–H and O–H groups in total. The molecule has 0 bridgehead atoms. The zero-order valence-electron chi connectivity index (χ0n) is 10.4. The molecule has 0 aliphatic rings. The number of pyridine rings is 1. The number of aromatic nitrogens is 1. The fourth-order valence-electron chi connectivity index (χ4n) is 1.40. The van der Waals surface area contributed by atoms with E-state index in [9.17, 15) is 18.0 Å². The Kier molecular flexibility index (Phi) is 4.99. The summed E-state index contributed by atoms with van der Waals surface area (Å²) in [6.07, 6.45) is -3.93. The van der Waals surface area contributed by atoms with Crippen molar-refractivity contribution in [3.63, 3.8) is 0 Å². The van der Waals surface area contributed by atoms with Gasteiger partial charge in [0, 0.05) is 13.6 Å². The maximum absolute atomic E-state index is 12.6. The lowest BCUT2D eigenvalue weighted by Gasteiger charge is -2.15. The van der Waals surface area contributed by atoms with Crippen molar-refractivity contribution in [3.8, 4) is 0 Å². The monoisotopic (exact) mass is 295 g/mol. The number of hydrogen-bond donors (Lipinski definition) is 2. The molecule has 0 aromatic carbocycles. The zero-order chi connectivity index (χ0) is 14.6. The molecule has 4 nitrogen and oxygen atoms in total. The highest BCUT2D eigenvalue weighted by molar-refractivity contribution is 6.33. The summed E-state index contributed by atoms with van der Waals surface area (Å²) < 4.78 is 37.9. The van der Waals surface area contributed by atoms with Crippen LogP contribution in [0, 0.1) is 0 Å². The van der Waals surface area contributed by atoms with Gasteiger partial charge in [-0.15, -0.1) is 0 Å². The van der Waals surface area contributed by atoms with Crippen molar-refractivity contribution >= 4 is 23.2 Å². The van der Waals surface area contributed by atoms with Gasteiger partial charge in [0.1, 0.15) is 10.8 Å². The Morgan fingerprint density at radius 3 is 2.58 bits per heavy atom. The molecule has 19 heavy (non-hydrogen) atoms. The molecule has 1 rings (SSSR count). The fraction of sp³-hybridized carbons (Fsp3) is 0.455. The van der Waals surface area contributed by atoms with Crippen molar-refractivity contribution in [2.45, 2.75) is 19.5 Å². The number of rotatable bonds is 4. The van der Waals surface area contributed by atoms with E-state index < -0.39 is 22.9 Å². The molecular formula is C11H13ClF3N3O. The average molecular weight is 296 g/mol. The van der Waals surface area contributed by atoms with Gasteiger partial charge in [0.25, 0.3) is 5.91 Å². The first-order chi connectivity index (χ1) is 8.81. The van der Waals surface area contributed by atoms with Gasteiger partial charge in [-0.1, -0.05) is 18.5 Å². The second-order valence-electron chi connectivity index (χ2n) is 3.72. The number of carbonyl (C=O) groups is 1. The number of nitrogens with one attached hydrogen (secondary N) is 2. The minimum Gasteiger partial charge on any atom is -0.384 e. The van der Waals surface area contributed by atoms with Gasteiger partial charge in [0.2, 0.25) is 0 Å². The SMILES string of the molecule is CCCNc1cc(C(F)(F)F)nc(Cl)c1C(=O)NC. The van der Waals surface area contributed by atoms with Gasteiger partial charge in [-0.2, -0.15) is 13.2 Å². The first kappa shape index (κ1) is 15.6. The standard InChI is InChI=1S/C11H13ClF3N3O/c1-3-4-17-6-5-7(11(13,14)15)18-9(12)8(6)10(19)16-2/h5H,3-4H2,1-2H3,(H,16,19)(H,17,18). The van der Waals surface area contributed by atoms with Crippen LogP contribution in [0.2, 0.25) is 5.15 Å². The van der Waals surface area contributed by atoms with Crippen molar-refractivity contribution in [1.82, 2.24) is 10.3 Å². The number of hydrogen-bond acceptors (Lipinski definition) is 3. The van der Waals surface area contributed by atoms with Crippen molar-refractivity contribution in [2.75, 3.05) is 18.9 Å². The summed E-state index contributed by atoms with van der Waals surface area (Å²) in [5.41, 5.74) is -1.21. The van der Waals surface area contributed by atoms with Crippen LogP contribution in [0.15, 0.2) is 6.07 Å². The molecular weight excluding hydrogens is 283 g/mol. The molecule has 106 valence electrons. The van der Waals surface area contributed by atoms with E-state index in [-0.39, 0.29) is 11.3 Å². The fourth-order valence-corrected chi connectivity index (χ4v) is 1.68. The van der Waals surface area contributed by atoms with Crippen molar-refractivity contribution < 1.29 is 18.0 Å². The van der Waals surface area contributed by atoms with Crippen LogP contribution in [-0.2, 0) is 6.18 Å². The summed E-state index contributed by atoms with van der Waals surface area (Å²) in [4.78, 5) is 14.8. The zero-order valence-corrected chi connectivity index (χ0v) is 11.1. The van der Waals surface area contributed by atoms with Crippen molar-refractivity contribution in [2.24, 2.45) is 0 Å². The summed E-state index contributed by atoms with van der Waals surface area (Å²) in [6.45, 7) is 2.27. The van der Waals surface area contributed by atoms with Crippen LogP contribution in [-0.4, -0.2) is 24.5 Å². The molecule has 0 unspecified atom stereocenters. The van der Waals surface area contributed by atoms with Gasteiger partial charge >= 0.3 is 6.18 Å². The van der Waals surface area contributed by atoms with E-state index in [1.807, 2.05) is 6.92 Å². The van der Waals surface area contributed by atoms with Gasteiger partial charge < -0.3 is 10.6 Å². The number of carbonyl (C=O) groups excluding carboxylic acids is 1. The maximum Gasteiger partial charge on any atom is 0.433 e. The smallest absolute Gasteiger partial charge is 0.384 e. The number of amides is 1. The summed E-state index contributed by atoms with van der Waals surface area (Å²) in [5, 5.41) is 4.58. The molecule has 0 saturated carbocycles. The Labute approximate surface area is 113 Å². The summed E-state index contributed by atoms with van der Waals surface area (Å²) >= 11 is 5.68. The Hall–Kier alpha value is -1.50. The second-order valence-corrected chi connectivity index (χ2v) is 4.08. The van der Waals surface area contributed by atoms with Crippen LogP contribution in [0.5, 0.6) is 0 Å². The highest BCUT2D eigenvalue weighted by Gasteiger charge is 2.34. The molecule has 0 radical (unpaired) electrons. The summed E-state index contributed by atoms with van der Waals surface area (Å²) in [7, 11) is 1.36. The minimum absolute atomic E-state index is 0.0218. The number of halogens is 4. The maximum atomic E-state index is 12.6. The van der Waals surface area contributed by atoms with Crippen LogP contribution in [0.25, 0.3) is 0 Å². The molecule has 0 aliphatic heterocycles. The number of alkyl halides is 3. The van der Waals surface area contributed by atoms with Crippen LogP contribution in [0.4, 0.5) is 18.9 Å². The Balaban J connectivity index is 3.34. The Bertz CT molecular complexity index is 477. The largest absolute Gasteiger partial charge is 0.433 e. The van der Waals surface area contributed by atoms with E-state index >= 15 is 0 Å². The van der Waals surface area contributed by atoms with Crippen molar-refractivity contribution in [3.05, 3.63) is 22.5 Å². The van der Waals surface area contributed by atoms with E-state index in [0.29, 0.717) is 13.0 Å². The third-order valence-corrected chi connectivity index (χ3v) is 2.56. The lowest BCUT2D eigenvalue weighted by molar-refractivity contribution is -0.141. The van der Waals surface area contributed by atoms with E-state index in [2.05, 4.69) is 15.6 Å². The summed E-state index contributed by atoms with van der Waals surface area (Å²) in [5.74, 6) is -0.593. The first-order valence-electron chi connectivity index (χ1n) is 5.55. The van der Waals surface area contributed by atoms with Crippen LogP contribution in [0.1, 0.15) is 29.4 Å². The molecule has 1 amide bonds. The first-order valence-corrected chi connectivity index (χ1v) is 5.92. The number of anilines is 1.